The first kappa shape index (κ1) is 13.7. The lowest BCUT2D eigenvalue weighted by Crippen LogP contribution is -2.44. The minimum absolute atomic E-state index is 0.0909. The molecule has 21 heavy (non-hydrogen) atoms. The monoisotopic (exact) mass is 284 g/mol. The Balaban J connectivity index is 1.70. The number of amides is 1. The van der Waals surface area contributed by atoms with E-state index in [1.807, 2.05) is 18.2 Å². The highest BCUT2D eigenvalue weighted by atomic mass is 16.1. The number of aromatic nitrogens is 1. The molecule has 0 radical (unpaired) electrons. The maximum absolute atomic E-state index is 12.1. The first-order valence-corrected chi connectivity index (χ1v) is 7.20. The van der Waals surface area contributed by atoms with E-state index in [2.05, 4.69) is 33.2 Å². The van der Waals surface area contributed by atoms with Gasteiger partial charge in [0.2, 0.25) is 0 Å². The zero-order valence-corrected chi connectivity index (χ0v) is 12.2. The van der Waals surface area contributed by atoms with Crippen LogP contribution in [-0.4, -0.2) is 49.0 Å². The molecule has 1 aliphatic heterocycles. The Kier molecular flexibility index (Phi) is 3.92. The minimum atomic E-state index is -0.0909. The van der Waals surface area contributed by atoms with Crippen molar-refractivity contribution in [2.45, 2.75) is 0 Å². The summed E-state index contributed by atoms with van der Waals surface area (Å²) in [4.78, 5) is 19.6. The normalized spacial score (nSPS) is 16.0. The largest absolute Gasteiger partial charge is 0.369 e. The van der Waals surface area contributed by atoms with Crippen molar-refractivity contribution in [1.82, 2.24) is 9.88 Å². The van der Waals surface area contributed by atoms with Gasteiger partial charge in [-0.1, -0.05) is 6.07 Å². The molecule has 110 valence electrons. The maximum atomic E-state index is 12.1. The van der Waals surface area contributed by atoms with Crippen molar-refractivity contribution in [1.29, 1.82) is 0 Å². The lowest BCUT2D eigenvalue weighted by molar-refractivity contribution is 0.102. The van der Waals surface area contributed by atoms with Crippen LogP contribution in [0, 0.1) is 0 Å². The van der Waals surface area contributed by atoms with Crippen molar-refractivity contribution in [3.05, 3.63) is 48.3 Å². The molecule has 3 rings (SSSR count). The third-order valence-electron chi connectivity index (χ3n) is 3.83. The summed E-state index contributed by atoms with van der Waals surface area (Å²) in [5.41, 5.74) is 2.63. The van der Waals surface area contributed by atoms with E-state index in [4.69, 9.17) is 0 Å². The van der Waals surface area contributed by atoms with E-state index in [0.717, 1.165) is 37.6 Å². The predicted octanol–water partition coefficient (Wildman–Crippen LogP) is 2.02. The third-order valence-corrected chi connectivity index (χ3v) is 3.83. The van der Waals surface area contributed by atoms with Crippen molar-refractivity contribution < 1.29 is 4.79 Å². The summed E-state index contributed by atoms with van der Waals surface area (Å²) in [6, 6.07) is 9.80. The molecule has 5 nitrogen and oxygen atoms in total. The van der Waals surface area contributed by atoms with Gasteiger partial charge in [-0.15, -0.1) is 0 Å². The number of nitrogens with zero attached hydrogens (tertiary/aromatic N) is 2. The molecule has 5 heteroatoms. The van der Waals surface area contributed by atoms with Gasteiger partial charge >= 0.3 is 0 Å². The van der Waals surface area contributed by atoms with Gasteiger partial charge < -0.3 is 20.1 Å². The summed E-state index contributed by atoms with van der Waals surface area (Å²) in [5, 5.41) is 2.94. The van der Waals surface area contributed by atoms with Crippen LogP contribution < -0.4 is 10.2 Å². The Morgan fingerprint density at radius 3 is 2.71 bits per heavy atom. The Morgan fingerprint density at radius 2 is 2.00 bits per heavy atom. The molecule has 0 unspecified atom stereocenters. The molecule has 0 spiro atoms. The molecule has 0 bridgehead atoms. The fourth-order valence-corrected chi connectivity index (χ4v) is 2.51. The van der Waals surface area contributed by atoms with Crippen LogP contribution in [0.4, 0.5) is 11.4 Å². The van der Waals surface area contributed by atoms with Gasteiger partial charge in [0.25, 0.3) is 5.91 Å². The smallest absolute Gasteiger partial charge is 0.257 e. The summed E-state index contributed by atoms with van der Waals surface area (Å²) >= 11 is 0. The third kappa shape index (κ3) is 3.25. The Hall–Kier alpha value is -2.27. The van der Waals surface area contributed by atoms with Crippen molar-refractivity contribution in [3.8, 4) is 0 Å². The van der Waals surface area contributed by atoms with Crippen LogP contribution in [-0.2, 0) is 0 Å². The number of carbonyl (C=O) groups excluding carboxylic acids is 1. The van der Waals surface area contributed by atoms with E-state index >= 15 is 0 Å². The van der Waals surface area contributed by atoms with E-state index < -0.39 is 0 Å². The van der Waals surface area contributed by atoms with Crippen LogP contribution >= 0.6 is 0 Å². The van der Waals surface area contributed by atoms with Crippen LogP contribution in [0.25, 0.3) is 0 Å². The zero-order chi connectivity index (χ0) is 14.7. The molecular weight excluding hydrogens is 264 g/mol. The maximum Gasteiger partial charge on any atom is 0.257 e. The van der Waals surface area contributed by atoms with Crippen LogP contribution in [0.5, 0.6) is 0 Å². The highest BCUT2D eigenvalue weighted by Crippen LogP contribution is 2.21. The number of anilines is 2. The number of H-pyrrole nitrogens is 1. The van der Waals surface area contributed by atoms with E-state index in [9.17, 15) is 4.79 Å². The van der Waals surface area contributed by atoms with Gasteiger partial charge in [0.1, 0.15) is 0 Å². The lowest BCUT2D eigenvalue weighted by atomic mass is 10.2. The number of benzene rings is 1. The standard InChI is InChI=1S/C16H20N4O/c1-19-7-9-20(10-8-19)15-4-2-3-14(11-15)18-16(21)13-5-6-17-12-13/h2-6,11-12,17H,7-10H2,1H3,(H,18,21). The number of aromatic amines is 1. The average Bonchev–Trinajstić information content (AvgIpc) is 3.02. The van der Waals surface area contributed by atoms with Gasteiger partial charge in [-0.05, 0) is 31.3 Å². The highest BCUT2D eigenvalue weighted by Gasteiger charge is 2.14. The van der Waals surface area contributed by atoms with Crippen molar-refractivity contribution >= 4 is 17.3 Å². The lowest BCUT2D eigenvalue weighted by Gasteiger charge is -2.34. The molecule has 2 aromatic rings. The van der Waals surface area contributed by atoms with Crippen molar-refractivity contribution in [2.24, 2.45) is 0 Å². The number of likely N-dealkylation sites (N-methyl/N-ethyl adjacent to an activating group) is 1. The summed E-state index contributed by atoms with van der Waals surface area (Å²) in [6.07, 6.45) is 3.44. The quantitative estimate of drug-likeness (QED) is 0.906. The molecule has 1 aliphatic rings. The average molecular weight is 284 g/mol. The summed E-state index contributed by atoms with van der Waals surface area (Å²) < 4.78 is 0. The summed E-state index contributed by atoms with van der Waals surface area (Å²) in [6.45, 7) is 4.18. The zero-order valence-electron chi connectivity index (χ0n) is 12.2. The number of hydrogen-bond donors (Lipinski definition) is 2. The predicted molar refractivity (Wildman–Crippen MR) is 84.9 cm³/mol. The molecule has 2 heterocycles. The second kappa shape index (κ2) is 6.01. The molecule has 0 aliphatic carbocycles. The summed E-state index contributed by atoms with van der Waals surface area (Å²) in [5.74, 6) is -0.0909. The van der Waals surface area contributed by atoms with E-state index in [1.54, 1.807) is 18.5 Å². The Labute approximate surface area is 124 Å². The van der Waals surface area contributed by atoms with Crippen LogP contribution in [0.15, 0.2) is 42.7 Å². The van der Waals surface area contributed by atoms with Crippen LogP contribution in [0.1, 0.15) is 10.4 Å². The minimum Gasteiger partial charge on any atom is -0.369 e. The number of hydrogen-bond acceptors (Lipinski definition) is 3. The molecule has 0 atom stereocenters. The van der Waals surface area contributed by atoms with Gasteiger partial charge in [0.15, 0.2) is 0 Å². The fraction of sp³-hybridized carbons (Fsp3) is 0.312. The van der Waals surface area contributed by atoms with Crippen LogP contribution in [0.2, 0.25) is 0 Å². The van der Waals surface area contributed by atoms with Gasteiger partial charge in [0, 0.05) is 49.9 Å². The number of carbonyl (C=O) groups is 1. The van der Waals surface area contributed by atoms with Crippen molar-refractivity contribution in [3.63, 3.8) is 0 Å². The van der Waals surface area contributed by atoms with E-state index in [0.29, 0.717) is 5.56 Å². The van der Waals surface area contributed by atoms with Gasteiger partial charge in [-0.2, -0.15) is 0 Å². The van der Waals surface area contributed by atoms with Gasteiger partial charge in [-0.25, -0.2) is 0 Å². The summed E-state index contributed by atoms with van der Waals surface area (Å²) in [7, 11) is 2.14. The molecular formula is C16H20N4O. The Bertz CT molecular complexity index is 600. The van der Waals surface area contributed by atoms with Gasteiger partial charge in [0.05, 0.1) is 5.56 Å². The number of piperazine rings is 1. The van der Waals surface area contributed by atoms with E-state index in [1.165, 1.54) is 0 Å². The second-order valence-corrected chi connectivity index (χ2v) is 5.39. The number of rotatable bonds is 3. The highest BCUT2D eigenvalue weighted by molar-refractivity contribution is 6.04. The molecule has 0 saturated carbocycles. The number of nitrogens with one attached hydrogen (secondary N) is 2. The SMILES string of the molecule is CN1CCN(c2cccc(NC(=O)c3cc[nH]c3)c2)CC1. The van der Waals surface area contributed by atoms with Crippen molar-refractivity contribution in [2.75, 3.05) is 43.4 Å². The Morgan fingerprint density at radius 1 is 1.19 bits per heavy atom. The molecule has 2 N–H and O–H groups in total. The molecule has 1 aromatic heterocycles. The molecule has 1 amide bonds. The first-order valence-electron chi connectivity index (χ1n) is 7.20. The fourth-order valence-electron chi connectivity index (χ4n) is 2.51. The molecule has 1 saturated heterocycles. The second-order valence-electron chi connectivity index (χ2n) is 5.39. The first-order chi connectivity index (χ1) is 10.2. The van der Waals surface area contributed by atoms with E-state index in [-0.39, 0.29) is 5.91 Å². The molecule has 1 aromatic carbocycles. The molecule has 1 fully saturated rings. The van der Waals surface area contributed by atoms with Crippen LogP contribution in [0.3, 0.4) is 0 Å². The van der Waals surface area contributed by atoms with Gasteiger partial charge in [-0.3, -0.25) is 4.79 Å². The topological polar surface area (TPSA) is 51.4 Å².